The number of carboxylic acids is 1. The fourth-order valence-electron chi connectivity index (χ4n) is 2.00. The summed E-state index contributed by atoms with van der Waals surface area (Å²) in [6, 6.07) is 12.5. The fraction of sp³-hybridized carbons (Fsp3) is 0. The van der Waals surface area contributed by atoms with E-state index in [-0.39, 0.29) is 5.69 Å². The third kappa shape index (κ3) is 2.85. The lowest BCUT2D eigenvalue weighted by atomic mass is 10.2. The number of hydrogen-bond donors (Lipinski definition) is 2. The number of benzene rings is 1. The van der Waals surface area contributed by atoms with Crippen LogP contribution in [0.25, 0.3) is 10.9 Å². The molecule has 21 heavy (non-hydrogen) atoms. The number of nitrogens with zero attached hydrogens (tertiary/aromatic N) is 2. The second-order valence-corrected chi connectivity index (χ2v) is 5.28. The average Bonchev–Trinajstić information content (AvgIpc) is 2.47. The Bertz CT molecular complexity index is 836. The third-order valence-corrected chi connectivity index (χ3v) is 3.34. The number of aromatic carboxylic acids is 1. The number of anilines is 2. The predicted molar refractivity (Wildman–Crippen MR) is 83.9 cm³/mol. The Hall–Kier alpha value is -2.47. The van der Waals surface area contributed by atoms with Crippen LogP contribution in [0.5, 0.6) is 0 Å². The first-order valence-corrected chi connectivity index (χ1v) is 6.94. The number of nitrogens with one attached hydrogen (secondary N) is 1. The molecule has 0 spiro atoms. The molecule has 0 amide bonds. The smallest absolute Gasteiger partial charge is 0.354 e. The maximum Gasteiger partial charge on any atom is 0.354 e. The molecule has 0 saturated carbocycles. The first kappa shape index (κ1) is 13.5. The second-order valence-electron chi connectivity index (χ2n) is 4.37. The average molecular weight is 344 g/mol. The van der Waals surface area contributed by atoms with Gasteiger partial charge in [-0.3, -0.25) is 4.98 Å². The molecule has 0 bridgehead atoms. The number of pyridine rings is 2. The quantitative estimate of drug-likeness (QED) is 0.755. The van der Waals surface area contributed by atoms with E-state index in [1.165, 1.54) is 6.07 Å². The van der Waals surface area contributed by atoms with E-state index in [4.69, 9.17) is 5.11 Å². The number of hydrogen-bond acceptors (Lipinski definition) is 4. The molecule has 5 nitrogen and oxygen atoms in total. The van der Waals surface area contributed by atoms with E-state index < -0.39 is 5.97 Å². The van der Waals surface area contributed by atoms with Gasteiger partial charge in [-0.15, -0.1) is 0 Å². The highest BCUT2D eigenvalue weighted by atomic mass is 79.9. The van der Waals surface area contributed by atoms with Crippen LogP contribution in [-0.2, 0) is 0 Å². The number of fused-ring (bicyclic) bond motifs is 1. The molecule has 2 heterocycles. The molecule has 3 aromatic rings. The molecule has 2 N–H and O–H groups in total. The van der Waals surface area contributed by atoms with Gasteiger partial charge in [0.1, 0.15) is 5.82 Å². The van der Waals surface area contributed by atoms with Gasteiger partial charge in [-0.2, -0.15) is 0 Å². The van der Waals surface area contributed by atoms with Crippen LogP contribution in [0.15, 0.2) is 53.1 Å². The van der Waals surface area contributed by atoms with Crippen molar-refractivity contribution in [2.24, 2.45) is 0 Å². The van der Waals surface area contributed by atoms with Gasteiger partial charge in [-0.05, 0) is 40.2 Å². The summed E-state index contributed by atoms with van der Waals surface area (Å²) in [6.45, 7) is 0. The van der Waals surface area contributed by atoms with E-state index in [2.05, 4.69) is 31.2 Å². The maximum atomic E-state index is 10.9. The van der Waals surface area contributed by atoms with Crippen molar-refractivity contribution in [1.29, 1.82) is 0 Å². The van der Waals surface area contributed by atoms with E-state index in [9.17, 15) is 4.79 Å². The summed E-state index contributed by atoms with van der Waals surface area (Å²) in [4.78, 5) is 19.4. The molecule has 6 heteroatoms. The second kappa shape index (κ2) is 5.49. The van der Waals surface area contributed by atoms with Gasteiger partial charge in [-0.25, -0.2) is 9.78 Å². The molecule has 1 aromatic carbocycles. The van der Waals surface area contributed by atoms with E-state index >= 15 is 0 Å². The number of aromatic nitrogens is 2. The Morgan fingerprint density at radius 3 is 2.81 bits per heavy atom. The molecule has 0 aliphatic carbocycles. The van der Waals surface area contributed by atoms with Crippen molar-refractivity contribution in [2.75, 3.05) is 5.32 Å². The number of carboxylic acid groups (broad SMARTS) is 1. The minimum Gasteiger partial charge on any atom is -0.477 e. The van der Waals surface area contributed by atoms with Crippen molar-refractivity contribution in [3.8, 4) is 0 Å². The molecular formula is C15H10BrN3O2. The van der Waals surface area contributed by atoms with E-state index in [1.54, 1.807) is 18.3 Å². The molecular weight excluding hydrogens is 334 g/mol. The Morgan fingerprint density at radius 2 is 2.00 bits per heavy atom. The molecule has 0 fully saturated rings. The lowest BCUT2D eigenvalue weighted by Crippen LogP contribution is -2.03. The van der Waals surface area contributed by atoms with Gasteiger partial charge in [0.15, 0.2) is 5.69 Å². The van der Waals surface area contributed by atoms with Crippen LogP contribution in [0.1, 0.15) is 10.5 Å². The summed E-state index contributed by atoms with van der Waals surface area (Å²) in [7, 11) is 0. The lowest BCUT2D eigenvalue weighted by molar-refractivity contribution is 0.0690. The standard InChI is InChI=1S/C15H10BrN3O2/c16-10-7-9-3-1-4-11(14(9)17-8-10)18-13-6-2-5-12(19-13)15(20)21/h1-8H,(H,18,19)(H,20,21). The van der Waals surface area contributed by atoms with Crippen LogP contribution >= 0.6 is 15.9 Å². The molecule has 104 valence electrons. The maximum absolute atomic E-state index is 10.9. The summed E-state index contributed by atoms with van der Waals surface area (Å²) >= 11 is 3.39. The lowest BCUT2D eigenvalue weighted by Gasteiger charge is -2.09. The van der Waals surface area contributed by atoms with Crippen molar-refractivity contribution < 1.29 is 9.90 Å². The van der Waals surface area contributed by atoms with Gasteiger partial charge in [0.25, 0.3) is 0 Å². The zero-order valence-corrected chi connectivity index (χ0v) is 12.3. The summed E-state index contributed by atoms with van der Waals surface area (Å²) in [5, 5.41) is 13.1. The van der Waals surface area contributed by atoms with Gasteiger partial charge >= 0.3 is 5.97 Å². The third-order valence-electron chi connectivity index (χ3n) is 2.91. The van der Waals surface area contributed by atoms with Crippen LogP contribution in [0, 0.1) is 0 Å². The van der Waals surface area contributed by atoms with Crippen LogP contribution in [0.3, 0.4) is 0 Å². The SMILES string of the molecule is O=C(O)c1cccc(Nc2cccc3cc(Br)cnc23)n1. The molecule has 0 aliphatic rings. The normalized spacial score (nSPS) is 10.5. The number of carbonyl (C=O) groups is 1. The largest absolute Gasteiger partial charge is 0.477 e. The molecule has 0 unspecified atom stereocenters. The summed E-state index contributed by atoms with van der Waals surface area (Å²) in [5.41, 5.74) is 1.56. The number of rotatable bonds is 3. The first-order valence-electron chi connectivity index (χ1n) is 6.15. The molecule has 2 aromatic heterocycles. The summed E-state index contributed by atoms with van der Waals surface area (Å²) in [6.07, 6.45) is 1.72. The number of halogens is 1. The molecule has 0 aliphatic heterocycles. The summed E-state index contributed by atoms with van der Waals surface area (Å²) < 4.78 is 0.901. The molecule has 3 rings (SSSR count). The van der Waals surface area contributed by atoms with Crippen LogP contribution in [0.4, 0.5) is 11.5 Å². The fourth-order valence-corrected chi connectivity index (χ4v) is 2.35. The molecule has 0 radical (unpaired) electrons. The molecule has 0 atom stereocenters. The van der Waals surface area contributed by atoms with Gasteiger partial charge < -0.3 is 10.4 Å². The van der Waals surface area contributed by atoms with Crippen molar-refractivity contribution >= 4 is 44.3 Å². The highest BCUT2D eigenvalue weighted by Gasteiger charge is 2.07. The monoisotopic (exact) mass is 343 g/mol. The first-order chi connectivity index (χ1) is 10.1. The zero-order valence-electron chi connectivity index (χ0n) is 10.7. The Labute approximate surface area is 128 Å². The topological polar surface area (TPSA) is 75.1 Å². The van der Waals surface area contributed by atoms with Crippen LogP contribution < -0.4 is 5.32 Å². The van der Waals surface area contributed by atoms with E-state index in [0.29, 0.717) is 5.82 Å². The van der Waals surface area contributed by atoms with Crippen molar-refractivity contribution in [1.82, 2.24) is 9.97 Å². The van der Waals surface area contributed by atoms with Gasteiger partial charge in [0, 0.05) is 16.1 Å². The minimum atomic E-state index is -1.06. The Morgan fingerprint density at radius 1 is 1.19 bits per heavy atom. The minimum absolute atomic E-state index is 0.00376. The van der Waals surface area contributed by atoms with Gasteiger partial charge in [0.05, 0.1) is 11.2 Å². The Balaban J connectivity index is 2.02. The molecule has 0 saturated heterocycles. The summed E-state index contributed by atoms with van der Waals surface area (Å²) in [5.74, 6) is -0.592. The predicted octanol–water partition coefficient (Wildman–Crippen LogP) is 3.83. The van der Waals surface area contributed by atoms with Gasteiger partial charge in [-0.1, -0.05) is 18.2 Å². The zero-order chi connectivity index (χ0) is 14.8. The van der Waals surface area contributed by atoms with Crippen LogP contribution in [-0.4, -0.2) is 21.0 Å². The van der Waals surface area contributed by atoms with Gasteiger partial charge in [0.2, 0.25) is 0 Å². The van der Waals surface area contributed by atoms with Crippen molar-refractivity contribution in [3.05, 3.63) is 58.8 Å². The van der Waals surface area contributed by atoms with E-state index in [0.717, 1.165) is 21.1 Å². The van der Waals surface area contributed by atoms with E-state index in [1.807, 2.05) is 24.3 Å². The van der Waals surface area contributed by atoms with Crippen molar-refractivity contribution in [2.45, 2.75) is 0 Å². The number of para-hydroxylation sites is 1. The van der Waals surface area contributed by atoms with Crippen molar-refractivity contribution in [3.63, 3.8) is 0 Å². The Kier molecular flexibility index (Phi) is 3.53. The highest BCUT2D eigenvalue weighted by molar-refractivity contribution is 9.10. The highest BCUT2D eigenvalue weighted by Crippen LogP contribution is 2.26. The van der Waals surface area contributed by atoms with Crippen LogP contribution in [0.2, 0.25) is 0 Å².